The fraction of sp³-hybridized carbons (Fsp3) is 0.0526. The molecule has 0 aliphatic carbocycles. The smallest absolute Gasteiger partial charge is 0.282 e. The van der Waals surface area contributed by atoms with Gasteiger partial charge in [-0.1, -0.05) is 54.6 Å². The first-order valence-electron chi connectivity index (χ1n) is 7.75. The van der Waals surface area contributed by atoms with Crippen molar-refractivity contribution in [2.24, 2.45) is 10.1 Å². The Morgan fingerprint density at radius 3 is 2.56 bits per heavy atom. The van der Waals surface area contributed by atoms with Crippen LogP contribution in [0, 0.1) is 12.3 Å². The fourth-order valence-corrected chi connectivity index (χ4v) is 3.61. The number of hydrogen-bond donors (Lipinski definition) is 1. The van der Waals surface area contributed by atoms with Gasteiger partial charge in [0.1, 0.15) is 5.04 Å². The number of benzene rings is 2. The summed E-state index contributed by atoms with van der Waals surface area (Å²) in [7, 11) is 0. The number of carbonyl (C=O) groups is 1. The van der Waals surface area contributed by atoms with Crippen LogP contribution in [0.1, 0.15) is 16.7 Å². The van der Waals surface area contributed by atoms with Crippen LogP contribution in [0.25, 0.3) is 6.08 Å². The summed E-state index contributed by atoms with van der Waals surface area (Å²) in [6.45, 7) is 2.01. The van der Waals surface area contributed by atoms with Crippen LogP contribution in [0.2, 0.25) is 0 Å². The third-order valence-electron chi connectivity index (χ3n) is 3.94. The predicted molar refractivity (Wildman–Crippen MR) is 102 cm³/mol. The van der Waals surface area contributed by atoms with Crippen LogP contribution < -0.4 is 0 Å². The van der Waals surface area contributed by atoms with Crippen molar-refractivity contribution in [3.05, 3.63) is 76.9 Å². The summed E-state index contributed by atoms with van der Waals surface area (Å²) in [5, 5.41) is 15.5. The van der Waals surface area contributed by atoms with Crippen molar-refractivity contribution in [2.75, 3.05) is 0 Å². The number of thioether (sulfide) groups is 1. The highest BCUT2D eigenvalue weighted by molar-refractivity contribution is 8.27. The molecule has 2 aromatic carbocycles. The SMILES string of the molecule is Cc1ccccc1C1=NN2C(=N)C(=Cc3ccccc3)C(=O)N=C2S1. The van der Waals surface area contributed by atoms with Gasteiger partial charge in [0.2, 0.25) is 5.17 Å². The third-order valence-corrected chi connectivity index (χ3v) is 4.88. The number of hydrazone groups is 1. The lowest BCUT2D eigenvalue weighted by molar-refractivity contribution is -0.114. The maximum Gasteiger partial charge on any atom is 0.283 e. The lowest BCUT2D eigenvalue weighted by Gasteiger charge is -2.20. The largest absolute Gasteiger partial charge is 0.283 e. The number of amides is 1. The third kappa shape index (κ3) is 2.81. The van der Waals surface area contributed by atoms with Crippen molar-refractivity contribution in [3.63, 3.8) is 0 Å². The van der Waals surface area contributed by atoms with E-state index in [1.54, 1.807) is 6.08 Å². The van der Waals surface area contributed by atoms with Crippen LogP contribution in [0.4, 0.5) is 0 Å². The van der Waals surface area contributed by atoms with E-state index in [4.69, 9.17) is 5.41 Å². The fourth-order valence-electron chi connectivity index (χ4n) is 2.63. The minimum atomic E-state index is -0.408. The average molecular weight is 346 g/mol. The van der Waals surface area contributed by atoms with Crippen molar-refractivity contribution in [1.82, 2.24) is 5.01 Å². The number of nitrogens with one attached hydrogen (secondary N) is 1. The zero-order valence-corrected chi connectivity index (χ0v) is 14.2. The van der Waals surface area contributed by atoms with E-state index in [2.05, 4.69) is 10.1 Å². The van der Waals surface area contributed by atoms with E-state index in [0.29, 0.717) is 5.17 Å². The lowest BCUT2D eigenvalue weighted by Crippen LogP contribution is -2.35. The van der Waals surface area contributed by atoms with Crippen molar-refractivity contribution >= 4 is 39.8 Å². The van der Waals surface area contributed by atoms with E-state index in [0.717, 1.165) is 21.7 Å². The van der Waals surface area contributed by atoms with Crippen molar-refractivity contribution in [3.8, 4) is 0 Å². The maximum atomic E-state index is 12.4. The number of aryl methyl sites for hydroxylation is 1. The normalized spacial score (nSPS) is 18.3. The first-order valence-corrected chi connectivity index (χ1v) is 8.56. The Balaban J connectivity index is 1.72. The molecule has 0 unspecified atom stereocenters. The molecule has 0 saturated carbocycles. The zero-order valence-electron chi connectivity index (χ0n) is 13.4. The molecule has 4 rings (SSSR count). The summed E-state index contributed by atoms with van der Waals surface area (Å²) >= 11 is 1.31. The number of fused-ring (bicyclic) bond motifs is 1. The molecule has 1 N–H and O–H groups in total. The predicted octanol–water partition coefficient (Wildman–Crippen LogP) is 3.66. The van der Waals surface area contributed by atoms with Gasteiger partial charge in [-0.3, -0.25) is 10.2 Å². The molecular formula is C19H14N4OS. The average Bonchev–Trinajstić information content (AvgIpc) is 3.04. The van der Waals surface area contributed by atoms with Gasteiger partial charge in [-0.05, 0) is 35.9 Å². The summed E-state index contributed by atoms with van der Waals surface area (Å²) in [6, 6.07) is 17.3. The molecule has 0 fully saturated rings. The molecule has 2 aliphatic rings. The molecule has 0 radical (unpaired) electrons. The number of carbonyl (C=O) groups excluding carboxylic acids is 1. The second-order valence-corrected chi connectivity index (χ2v) is 6.61. The van der Waals surface area contributed by atoms with Gasteiger partial charge in [-0.25, -0.2) is 0 Å². The highest BCUT2D eigenvalue weighted by atomic mass is 32.2. The van der Waals surface area contributed by atoms with Gasteiger partial charge in [0, 0.05) is 5.56 Å². The topological polar surface area (TPSA) is 68.9 Å². The number of aliphatic imine (C=N–C) groups is 1. The number of hydrogen-bond acceptors (Lipinski definition) is 4. The molecule has 0 aromatic heterocycles. The standard InChI is InChI=1S/C19H14N4OS/c1-12-7-5-6-10-14(12)18-22-23-16(20)15(17(24)21-19(23)25-18)11-13-8-3-2-4-9-13/h2-11,20H,1H3. The van der Waals surface area contributed by atoms with Gasteiger partial charge in [0.25, 0.3) is 5.91 Å². The van der Waals surface area contributed by atoms with Gasteiger partial charge < -0.3 is 0 Å². The Kier molecular flexibility index (Phi) is 3.82. The molecular weight excluding hydrogens is 332 g/mol. The van der Waals surface area contributed by atoms with Gasteiger partial charge in [-0.15, -0.1) is 0 Å². The van der Waals surface area contributed by atoms with Crippen LogP contribution in [0.5, 0.6) is 0 Å². The van der Waals surface area contributed by atoms with E-state index in [9.17, 15) is 4.79 Å². The minimum Gasteiger partial charge on any atom is -0.282 e. The second kappa shape index (κ2) is 6.14. The molecule has 2 aliphatic heterocycles. The summed E-state index contributed by atoms with van der Waals surface area (Å²) in [6.07, 6.45) is 1.68. The molecule has 0 spiro atoms. The number of rotatable bonds is 2. The zero-order chi connectivity index (χ0) is 17.4. The van der Waals surface area contributed by atoms with E-state index in [-0.39, 0.29) is 11.4 Å². The Morgan fingerprint density at radius 2 is 1.80 bits per heavy atom. The van der Waals surface area contributed by atoms with Crippen LogP contribution in [-0.4, -0.2) is 27.0 Å². The van der Waals surface area contributed by atoms with E-state index >= 15 is 0 Å². The first kappa shape index (κ1) is 15.5. The lowest BCUT2D eigenvalue weighted by atomic mass is 10.1. The molecule has 25 heavy (non-hydrogen) atoms. The van der Waals surface area contributed by atoms with Gasteiger partial charge in [0.15, 0.2) is 5.84 Å². The van der Waals surface area contributed by atoms with Gasteiger partial charge >= 0.3 is 0 Å². The molecule has 2 heterocycles. The molecule has 0 bridgehead atoms. The summed E-state index contributed by atoms with van der Waals surface area (Å²) in [5.41, 5.74) is 3.17. The molecule has 5 nitrogen and oxygen atoms in total. The van der Waals surface area contributed by atoms with Crippen LogP contribution in [0.3, 0.4) is 0 Å². The van der Waals surface area contributed by atoms with E-state index in [1.807, 2.05) is 61.5 Å². The summed E-state index contributed by atoms with van der Waals surface area (Å²) < 4.78 is 0. The van der Waals surface area contributed by atoms with Crippen molar-refractivity contribution in [2.45, 2.75) is 6.92 Å². The quantitative estimate of drug-likeness (QED) is 0.844. The Labute approximate surface area is 149 Å². The van der Waals surface area contributed by atoms with E-state index < -0.39 is 5.91 Å². The van der Waals surface area contributed by atoms with Crippen LogP contribution >= 0.6 is 11.8 Å². The highest BCUT2D eigenvalue weighted by Gasteiger charge is 2.36. The first-order chi connectivity index (χ1) is 12.1. The highest BCUT2D eigenvalue weighted by Crippen LogP contribution is 2.31. The van der Waals surface area contributed by atoms with Gasteiger partial charge in [-0.2, -0.15) is 15.1 Å². The summed E-state index contributed by atoms with van der Waals surface area (Å²) in [5.74, 6) is -0.358. The minimum absolute atomic E-state index is 0.0509. The van der Waals surface area contributed by atoms with Crippen molar-refractivity contribution in [1.29, 1.82) is 5.41 Å². The number of nitrogens with zero attached hydrogens (tertiary/aromatic N) is 3. The molecule has 2 aromatic rings. The Bertz CT molecular complexity index is 976. The van der Waals surface area contributed by atoms with Crippen LogP contribution in [0.15, 0.2) is 70.3 Å². The summed E-state index contributed by atoms with van der Waals surface area (Å²) in [4.78, 5) is 16.5. The van der Waals surface area contributed by atoms with E-state index in [1.165, 1.54) is 16.8 Å². The molecule has 1 amide bonds. The monoisotopic (exact) mass is 346 g/mol. The Hall–Kier alpha value is -2.99. The Morgan fingerprint density at radius 1 is 1.08 bits per heavy atom. The van der Waals surface area contributed by atoms with Crippen LogP contribution in [-0.2, 0) is 4.79 Å². The molecule has 6 heteroatoms. The number of amidine groups is 2. The molecule has 0 atom stereocenters. The van der Waals surface area contributed by atoms with Crippen molar-refractivity contribution < 1.29 is 4.79 Å². The van der Waals surface area contributed by atoms with Gasteiger partial charge in [0.05, 0.1) is 5.57 Å². The second-order valence-electron chi connectivity index (χ2n) is 5.65. The molecule has 0 saturated heterocycles. The maximum absolute atomic E-state index is 12.4. The molecule has 122 valence electrons.